The molecule has 7 nitrogen and oxygen atoms in total. The molecule has 0 aliphatic heterocycles. The van der Waals surface area contributed by atoms with Crippen molar-refractivity contribution in [3.63, 3.8) is 0 Å². The van der Waals surface area contributed by atoms with E-state index in [1.165, 1.54) is 18.2 Å². The Morgan fingerprint density at radius 1 is 1.50 bits per heavy atom. The second kappa shape index (κ2) is 4.81. The number of carbonyl (C=O) groups is 2. The fourth-order valence-corrected chi connectivity index (χ4v) is 1.26. The Hall–Kier alpha value is -2.53. The predicted octanol–water partition coefficient (Wildman–Crippen LogP) is 1.35. The van der Waals surface area contributed by atoms with Crippen LogP contribution in [0.15, 0.2) is 23.3 Å². The molecule has 0 spiro atoms. The smallest absolute Gasteiger partial charge is 0.307 e. The van der Waals surface area contributed by atoms with Crippen LogP contribution in [0.4, 0.5) is 5.69 Å². The summed E-state index contributed by atoms with van der Waals surface area (Å²) in [4.78, 5) is 24.1. The number of primary amides is 1. The highest BCUT2D eigenvalue weighted by Crippen LogP contribution is 2.25. The monoisotopic (exact) mass is 220 g/mol. The predicted molar refractivity (Wildman–Crippen MR) is 55.1 cm³/mol. The van der Waals surface area contributed by atoms with E-state index in [1.807, 2.05) is 0 Å². The average Bonchev–Trinajstić information content (AvgIpc) is 2.19. The van der Waals surface area contributed by atoms with Gasteiger partial charge in [-0.2, -0.15) is 0 Å². The first-order valence-corrected chi connectivity index (χ1v) is 4.25. The van der Waals surface area contributed by atoms with Crippen LogP contribution in [0.5, 0.6) is 0 Å². The highest BCUT2D eigenvalue weighted by Gasteiger charge is 2.12. The Labute approximate surface area is 90.1 Å². The summed E-state index contributed by atoms with van der Waals surface area (Å²) in [5.41, 5.74) is 13.7. The summed E-state index contributed by atoms with van der Waals surface area (Å²) in [5.74, 6) is -1.86. The highest BCUT2D eigenvalue weighted by atomic mass is 16.4. The van der Waals surface area contributed by atoms with E-state index in [2.05, 4.69) is 10.0 Å². The van der Waals surface area contributed by atoms with Crippen LogP contribution in [0.25, 0.3) is 10.4 Å². The van der Waals surface area contributed by atoms with Crippen molar-refractivity contribution in [2.45, 2.75) is 6.42 Å². The van der Waals surface area contributed by atoms with E-state index in [1.54, 1.807) is 0 Å². The van der Waals surface area contributed by atoms with Crippen molar-refractivity contribution in [1.29, 1.82) is 0 Å². The molecule has 0 unspecified atom stereocenters. The van der Waals surface area contributed by atoms with Gasteiger partial charge in [-0.05, 0) is 17.2 Å². The Morgan fingerprint density at radius 3 is 2.69 bits per heavy atom. The number of carboxylic acids is 1. The van der Waals surface area contributed by atoms with Crippen molar-refractivity contribution in [1.82, 2.24) is 0 Å². The van der Waals surface area contributed by atoms with Gasteiger partial charge in [-0.25, -0.2) is 0 Å². The van der Waals surface area contributed by atoms with Crippen LogP contribution in [0.2, 0.25) is 0 Å². The van der Waals surface area contributed by atoms with Gasteiger partial charge in [-0.3, -0.25) is 9.59 Å². The lowest BCUT2D eigenvalue weighted by Gasteiger charge is -2.06. The first-order valence-electron chi connectivity index (χ1n) is 4.25. The maximum absolute atomic E-state index is 11.0. The Bertz CT molecular complexity index is 492. The molecule has 1 aromatic carbocycles. The summed E-state index contributed by atoms with van der Waals surface area (Å²) in [6, 6.07) is 4.32. The van der Waals surface area contributed by atoms with Crippen molar-refractivity contribution in [2.75, 3.05) is 0 Å². The summed E-state index contributed by atoms with van der Waals surface area (Å²) in [6.45, 7) is 0. The average molecular weight is 220 g/mol. The standard InChI is InChI=1S/C9H8N4O3/c10-9(16)6-3-1-2-5(4-7(14)15)8(6)12-13-11/h1-3H,4H2,(H2,10,16)(H,14,15). The SMILES string of the molecule is [N-]=[N+]=Nc1c(CC(=O)O)cccc1C(N)=O. The zero-order valence-corrected chi connectivity index (χ0v) is 8.12. The van der Waals surface area contributed by atoms with Gasteiger partial charge < -0.3 is 10.8 Å². The molecule has 1 rings (SSSR count). The third-order valence-electron chi connectivity index (χ3n) is 1.87. The van der Waals surface area contributed by atoms with E-state index in [-0.39, 0.29) is 23.2 Å². The number of rotatable bonds is 4. The van der Waals surface area contributed by atoms with Crippen LogP contribution in [0.3, 0.4) is 0 Å². The molecule has 0 heterocycles. The summed E-state index contributed by atoms with van der Waals surface area (Å²) in [7, 11) is 0. The molecule has 0 aromatic heterocycles. The van der Waals surface area contributed by atoms with Crippen molar-refractivity contribution >= 4 is 17.6 Å². The molecule has 1 aromatic rings. The lowest BCUT2D eigenvalue weighted by molar-refractivity contribution is -0.136. The Kier molecular flexibility index (Phi) is 3.47. The molecule has 0 fully saturated rings. The van der Waals surface area contributed by atoms with Crippen molar-refractivity contribution in [2.24, 2.45) is 10.8 Å². The Morgan fingerprint density at radius 2 is 2.19 bits per heavy atom. The molecule has 0 radical (unpaired) electrons. The number of hydrogen-bond donors (Lipinski definition) is 2. The lowest BCUT2D eigenvalue weighted by Crippen LogP contribution is -2.12. The first kappa shape index (κ1) is 11.5. The highest BCUT2D eigenvalue weighted by molar-refractivity contribution is 5.98. The molecule has 0 saturated heterocycles. The molecule has 0 bridgehead atoms. The summed E-state index contributed by atoms with van der Waals surface area (Å²) in [5, 5.41) is 11.9. The normalized spacial score (nSPS) is 9.25. The van der Waals surface area contributed by atoms with Gasteiger partial charge in [0.25, 0.3) is 0 Å². The minimum absolute atomic E-state index is 0.0107. The molecular formula is C9H8N4O3. The van der Waals surface area contributed by atoms with E-state index in [0.717, 1.165) is 0 Å². The maximum Gasteiger partial charge on any atom is 0.307 e. The van der Waals surface area contributed by atoms with Crippen molar-refractivity contribution in [3.8, 4) is 0 Å². The quantitative estimate of drug-likeness (QED) is 0.451. The van der Waals surface area contributed by atoms with E-state index >= 15 is 0 Å². The van der Waals surface area contributed by atoms with Crippen LogP contribution in [0, 0.1) is 0 Å². The van der Waals surface area contributed by atoms with Crippen LogP contribution in [-0.2, 0) is 11.2 Å². The first-order chi connectivity index (χ1) is 7.56. The van der Waals surface area contributed by atoms with Gasteiger partial charge in [-0.1, -0.05) is 17.2 Å². The number of amides is 1. The van der Waals surface area contributed by atoms with E-state index in [9.17, 15) is 9.59 Å². The van der Waals surface area contributed by atoms with Crippen molar-refractivity contribution < 1.29 is 14.7 Å². The van der Waals surface area contributed by atoms with Crippen molar-refractivity contribution in [3.05, 3.63) is 39.8 Å². The molecule has 82 valence electrons. The van der Waals surface area contributed by atoms with Gasteiger partial charge in [0.1, 0.15) is 0 Å². The molecule has 0 saturated carbocycles. The van der Waals surface area contributed by atoms with Gasteiger partial charge in [0.15, 0.2) is 0 Å². The van der Waals surface area contributed by atoms with Crippen LogP contribution < -0.4 is 5.73 Å². The summed E-state index contributed by atoms with van der Waals surface area (Å²) >= 11 is 0. The molecule has 0 aliphatic carbocycles. The molecule has 7 heteroatoms. The largest absolute Gasteiger partial charge is 0.481 e. The number of carbonyl (C=O) groups excluding carboxylic acids is 1. The zero-order valence-electron chi connectivity index (χ0n) is 8.12. The molecule has 16 heavy (non-hydrogen) atoms. The fourth-order valence-electron chi connectivity index (χ4n) is 1.26. The van der Waals surface area contributed by atoms with E-state index < -0.39 is 11.9 Å². The number of aliphatic carboxylic acids is 1. The molecular weight excluding hydrogens is 212 g/mol. The summed E-state index contributed by atoms with van der Waals surface area (Å²) in [6.07, 6.45) is -0.338. The van der Waals surface area contributed by atoms with Gasteiger partial charge in [0.2, 0.25) is 5.91 Å². The number of azide groups is 1. The van der Waals surface area contributed by atoms with Gasteiger partial charge in [-0.15, -0.1) is 0 Å². The molecule has 1 amide bonds. The third-order valence-corrected chi connectivity index (χ3v) is 1.87. The number of hydrogen-bond acceptors (Lipinski definition) is 3. The van der Waals surface area contributed by atoms with Crippen LogP contribution >= 0.6 is 0 Å². The zero-order chi connectivity index (χ0) is 12.1. The summed E-state index contributed by atoms with van der Waals surface area (Å²) < 4.78 is 0. The lowest BCUT2D eigenvalue weighted by atomic mass is 10.0. The molecule has 0 atom stereocenters. The van der Waals surface area contributed by atoms with E-state index in [0.29, 0.717) is 0 Å². The minimum Gasteiger partial charge on any atom is -0.481 e. The Balaban J connectivity index is 3.37. The van der Waals surface area contributed by atoms with Crippen LogP contribution in [-0.4, -0.2) is 17.0 Å². The minimum atomic E-state index is -1.09. The molecule has 3 N–H and O–H groups in total. The van der Waals surface area contributed by atoms with Gasteiger partial charge in [0.05, 0.1) is 12.1 Å². The number of benzene rings is 1. The fraction of sp³-hybridized carbons (Fsp3) is 0.111. The molecule has 0 aliphatic rings. The van der Waals surface area contributed by atoms with Gasteiger partial charge >= 0.3 is 5.97 Å². The van der Waals surface area contributed by atoms with E-state index in [4.69, 9.17) is 16.4 Å². The third kappa shape index (κ3) is 2.49. The number of carboxylic acid groups (broad SMARTS) is 1. The number of nitrogens with zero attached hydrogens (tertiary/aromatic N) is 3. The second-order valence-corrected chi connectivity index (χ2v) is 2.94. The number of nitrogens with two attached hydrogens (primary N) is 1. The second-order valence-electron chi connectivity index (χ2n) is 2.94. The maximum atomic E-state index is 11.0. The van der Waals surface area contributed by atoms with Gasteiger partial charge in [0, 0.05) is 10.5 Å². The van der Waals surface area contributed by atoms with Crippen LogP contribution in [0.1, 0.15) is 15.9 Å². The topological polar surface area (TPSA) is 129 Å².